The van der Waals surface area contributed by atoms with Crippen molar-refractivity contribution < 1.29 is 5.11 Å². The number of nitrogens with one attached hydrogen (secondary N) is 1. The predicted molar refractivity (Wildman–Crippen MR) is 78.3 cm³/mol. The van der Waals surface area contributed by atoms with Crippen LogP contribution in [-0.4, -0.2) is 22.7 Å². The summed E-state index contributed by atoms with van der Waals surface area (Å²) in [5.74, 6) is 0.530. The Bertz CT molecular complexity index is 605. The number of rotatable bonds is 5. The van der Waals surface area contributed by atoms with Gasteiger partial charge in [-0.2, -0.15) is 5.26 Å². The molecule has 1 atom stereocenters. The molecule has 4 heteroatoms. The minimum absolute atomic E-state index is 0.0185. The summed E-state index contributed by atoms with van der Waals surface area (Å²) in [6.07, 6.45) is 2.34. The minimum Gasteiger partial charge on any atom is -0.394 e. The molecular weight excluding hydrogens is 250 g/mol. The van der Waals surface area contributed by atoms with Crippen molar-refractivity contribution in [3.05, 3.63) is 59.3 Å². The van der Waals surface area contributed by atoms with Crippen LogP contribution in [0.5, 0.6) is 0 Å². The van der Waals surface area contributed by atoms with Gasteiger partial charge in [0.15, 0.2) is 0 Å². The van der Waals surface area contributed by atoms with Crippen LogP contribution in [0.4, 0.5) is 5.82 Å². The third-order valence-electron chi connectivity index (χ3n) is 3.16. The van der Waals surface area contributed by atoms with Gasteiger partial charge in [0.25, 0.3) is 0 Å². The first kappa shape index (κ1) is 14.0. The van der Waals surface area contributed by atoms with Crippen molar-refractivity contribution in [1.82, 2.24) is 4.98 Å². The molecule has 20 heavy (non-hydrogen) atoms. The monoisotopic (exact) mass is 267 g/mol. The Kier molecular flexibility index (Phi) is 4.70. The van der Waals surface area contributed by atoms with E-state index in [0.717, 1.165) is 11.1 Å². The number of nitriles is 1. The molecule has 1 heterocycles. The molecule has 1 aromatic heterocycles. The van der Waals surface area contributed by atoms with Crippen molar-refractivity contribution in [2.24, 2.45) is 0 Å². The first-order chi connectivity index (χ1) is 9.74. The summed E-state index contributed by atoms with van der Waals surface area (Å²) in [7, 11) is 0. The Morgan fingerprint density at radius 3 is 2.70 bits per heavy atom. The van der Waals surface area contributed by atoms with E-state index < -0.39 is 0 Å². The first-order valence-electron chi connectivity index (χ1n) is 6.51. The van der Waals surface area contributed by atoms with Gasteiger partial charge in [-0.1, -0.05) is 30.3 Å². The second-order valence-corrected chi connectivity index (χ2v) is 4.68. The number of benzene rings is 1. The second kappa shape index (κ2) is 6.69. The molecule has 0 aliphatic rings. The fourth-order valence-electron chi connectivity index (χ4n) is 2.06. The van der Waals surface area contributed by atoms with E-state index in [1.54, 1.807) is 12.3 Å². The molecule has 1 unspecified atom stereocenters. The van der Waals surface area contributed by atoms with Crippen molar-refractivity contribution in [2.75, 3.05) is 11.9 Å². The van der Waals surface area contributed by atoms with Crippen LogP contribution in [0.25, 0.3) is 0 Å². The molecule has 0 fully saturated rings. The normalized spacial score (nSPS) is 11.7. The predicted octanol–water partition coefficient (Wildman–Crippen LogP) is 2.28. The van der Waals surface area contributed by atoms with Crippen molar-refractivity contribution in [3.8, 4) is 6.07 Å². The van der Waals surface area contributed by atoms with E-state index in [0.29, 0.717) is 17.8 Å². The highest BCUT2D eigenvalue weighted by Gasteiger charge is 2.13. The van der Waals surface area contributed by atoms with E-state index in [1.165, 1.54) is 0 Å². The molecular formula is C16H17N3O. The number of hydrogen-bond acceptors (Lipinski definition) is 4. The first-order valence-corrected chi connectivity index (χ1v) is 6.51. The maximum Gasteiger partial charge on any atom is 0.144 e. The molecule has 2 N–H and O–H groups in total. The van der Waals surface area contributed by atoms with Gasteiger partial charge in [0.05, 0.1) is 18.2 Å². The summed E-state index contributed by atoms with van der Waals surface area (Å²) in [5.41, 5.74) is 2.53. The van der Waals surface area contributed by atoms with Crippen LogP contribution >= 0.6 is 0 Å². The van der Waals surface area contributed by atoms with Gasteiger partial charge >= 0.3 is 0 Å². The summed E-state index contributed by atoms with van der Waals surface area (Å²) in [4.78, 5) is 4.20. The van der Waals surface area contributed by atoms with E-state index in [1.807, 2.05) is 37.3 Å². The molecule has 4 nitrogen and oxygen atoms in total. The van der Waals surface area contributed by atoms with E-state index in [2.05, 4.69) is 16.4 Å². The van der Waals surface area contributed by atoms with E-state index in [-0.39, 0.29) is 12.6 Å². The highest BCUT2D eigenvalue weighted by atomic mass is 16.3. The number of hydrogen-bond donors (Lipinski definition) is 2. The molecule has 0 amide bonds. The van der Waals surface area contributed by atoms with Crippen LogP contribution in [0.1, 0.15) is 16.7 Å². The molecule has 2 rings (SSSR count). The molecule has 102 valence electrons. The lowest BCUT2D eigenvalue weighted by atomic mass is 10.1. The summed E-state index contributed by atoms with van der Waals surface area (Å²) < 4.78 is 0. The van der Waals surface area contributed by atoms with Crippen LogP contribution in [-0.2, 0) is 6.42 Å². The van der Waals surface area contributed by atoms with Crippen LogP contribution in [0.3, 0.4) is 0 Å². The average molecular weight is 267 g/mol. The minimum atomic E-state index is -0.168. The van der Waals surface area contributed by atoms with Crippen LogP contribution in [0.15, 0.2) is 42.6 Å². The average Bonchev–Trinajstić information content (AvgIpc) is 2.48. The Labute approximate surface area is 118 Å². The van der Waals surface area contributed by atoms with Crippen molar-refractivity contribution in [1.29, 1.82) is 5.26 Å². The lowest BCUT2D eigenvalue weighted by Gasteiger charge is -2.18. The smallest absolute Gasteiger partial charge is 0.144 e. The summed E-state index contributed by atoms with van der Waals surface area (Å²) in [6, 6.07) is 13.7. The molecule has 2 aromatic rings. The lowest BCUT2D eigenvalue weighted by Crippen LogP contribution is -2.27. The lowest BCUT2D eigenvalue weighted by molar-refractivity contribution is 0.273. The quantitative estimate of drug-likeness (QED) is 0.872. The highest BCUT2D eigenvalue weighted by Crippen LogP contribution is 2.17. The molecule has 0 bridgehead atoms. The van der Waals surface area contributed by atoms with E-state index in [9.17, 15) is 10.4 Å². The molecule has 0 saturated heterocycles. The number of aliphatic hydroxyl groups excluding tert-OH is 1. The fourth-order valence-corrected chi connectivity index (χ4v) is 2.06. The van der Waals surface area contributed by atoms with E-state index >= 15 is 0 Å². The number of pyridine rings is 1. The maximum absolute atomic E-state index is 9.51. The molecule has 0 saturated carbocycles. The molecule has 0 aliphatic carbocycles. The Morgan fingerprint density at radius 2 is 2.05 bits per heavy atom. The maximum atomic E-state index is 9.51. The number of anilines is 1. The molecule has 0 radical (unpaired) electrons. The Morgan fingerprint density at radius 1 is 1.30 bits per heavy atom. The topological polar surface area (TPSA) is 68.9 Å². The van der Waals surface area contributed by atoms with Gasteiger partial charge < -0.3 is 10.4 Å². The zero-order chi connectivity index (χ0) is 14.4. The largest absolute Gasteiger partial charge is 0.394 e. The third kappa shape index (κ3) is 3.34. The van der Waals surface area contributed by atoms with Crippen molar-refractivity contribution in [3.63, 3.8) is 0 Å². The molecule has 1 aromatic carbocycles. The third-order valence-corrected chi connectivity index (χ3v) is 3.16. The Balaban J connectivity index is 2.15. The van der Waals surface area contributed by atoms with Crippen LogP contribution < -0.4 is 5.32 Å². The van der Waals surface area contributed by atoms with Crippen molar-refractivity contribution in [2.45, 2.75) is 19.4 Å². The van der Waals surface area contributed by atoms with Gasteiger partial charge in [0, 0.05) is 6.20 Å². The molecule has 0 spiro atoms. The highest BCUT2D eigenvalue weighted by molar-refractivity contribution is 5.55. The number of aryl methyl sites for hydroxylation is 1. The summed E-state index contributed by atoms with van der Waals surface area (Å²) in [5, 5.41) is 21.8. The summed E-state index contributed by atoms with van der Waals surface area (Å²) >= 11 is 0. The summed E-state index contributed by atoms with van der Waals surface area (Å²) in [6.45, 7) is 1.85. The van der Waals surface area contributed by atoms with Gasteiger partial charge in [0.2, 0.25) is 0 Å². The Hall–Kier alpha value is -2.38. The van der Waals surface area contributed by atoms with Gasteiger partial charge in [0.1, 0.15) is 11.9 Å². The number of nitrogens with zero attached hydrogens (tertiary/aromatic N) is 2. The van der Waals surface area contributed by atoms with Gasteiger partial charge in [-0.3, -0.25) is 0 Å². The van der Waals surface area contributed by atoms with Gasteiger partial charge in [-0.05, 0) is 30.5 Å². The van der Waals surface area contributed by atoms with Crippen molar-refractivity contribution >= 4 is 5.82 Å². The van der Waals surface area contributed by atoms with Gasteiger partial charge in [-0.15, -0.1) is 0 Å². The SMILES string of the molecule is Cc1ccnc(NC(CO)Cc2ccccc2)c1C#N. The number of aliphatic hydroxyl groups is 1. The molecule has 0 aliphatic heterocycles. The second-order valence-electron chi connectivity index (χ2n) is 4.68. The van der Waals surface area contributed by atoms with E-state index in [4.69, 9.17) is 0 Å². The van der Waals surface area contributed by atoms with Crippen LogP contribution in [0.2, 0.25) is 0 Å². The van der Waals surface area contributed by atoms with Crippen LogP contribution in [0, 0.1) is 18.3 Å². The standard InChI is InChI=1S/C16H17N3O/c1-12-7-8-18-16(15(12)10-17)19-14(11-20)9-13-5-3-2-4-6-13/h2-8,14,20H,9,11H2,1H3,(H,18,19). The number of aromatic nitrogens is 1. The zero-order valence-electron chi connectivity index (χ0n) is 11.4. The van der Waals surface area contributed by atoms with Gasteiger partial charge in [-0.25, -0.2) is 4.98 Å². The fraction of sp³-hybridized carbons (Fsp3) is 0.250. The zero-order valence-corrected chi connectivity index (χ0v) is 11.4.